The Morgan fingerprint density at radius 3 is 2.40 bits per heavy atom. The van der Waals surface area contributed by atoms with Crippen LogP contribution in [0.15, 0.2) is 34.3 Å². The molecule has 0 radical (unpaired) electrons. The molecule has 0 spiro atoms. The lowest BCUT2D eigenvalue weighted by Crippen LogP contribution is -2.53. The van der Waals surface area contributed by atoms with E-state index >= 15 is 0 Å². The molecule has 1 heterocycles. The summed E-state index contributed by atoms with van der Waals surface area (Å²) < 4.78 is 25.4. The van der Waals surface area contributed by atoms with E-state index in [1.54, 1.807) is 0 Å². The third-order valence-electron chi connectivity index (χ3n) is 3.13. The van der Waals surface area contributed by atoms with E-state index in [1.807, 2.05) is 5.48 Å². The van der Waals surface area contributed by atoms with Crippen LogP contribution >= 0.6 is 0 Å². The topological polar surface area (TPSA) is 120 Å². The zero-order chi connectivity index (χ0) is 15.0. The first-order valence-electron chi connectivity index (χ1n) is 5.69. The van der Waals surface area contributed by atoms with Crippen molar-refractivity contribution in [1.82, 2.24) is 15.6 Å². The van der Waals surface area contributed by atoms with Gasteiger partial charge in [-0.2, -0.15) is 10.6 Å². The lowest BCUT2D eigenvalue weighted by molar-refractivity contribution is -0.126. The van der Waals surface area contributed by atoms with E-state index in [4.69, 9.17) is 5.21 Å². The minimum Gasteiger partial charge on any atom is -0.315 e. The number of carbonyl (C=O) groups is 1. The van der Waals surface area contributed by atoms with Gasteiger partial charge in [-0.25, -0.2) is 18.6 Å². The molecule has 0 bridgehead atoms. The Kier molecular flexibility index (Phi) is 3.61. The number of rotatable bonds is 4. The van der Waals surface area contributed by atoms with Crippen molar-refractivity contribution in [1.29, 1.82) is 0 Å². The number of hydrazone groups is 1. The predicted octanol–water partition coefficient (Wildman–Crippen LogP) is -0.834. The number of hydrogen-bond acceptors (Lipinski definition) is 6. The Morgan fingerprint density at radius 2 is 1.90 bits per heavy atom. The van der Waals surface area contributed by atoms with Crippen LogP contribution in [0.4, 0.5) is 0 Å². The van der Waals surface area contributed by atoms with Crippen LogP contribution in [0.5, 0.6) is 0 Å². The molecule has 9 heteroatoms. The average Bonchev–Trinajstić information content (AvgIpc) is 2.76. The normalized spacial score (nSPS) is 22.6. The number of benzene rings is 1. The van der Waals surface area contributed by atoms with E-state index < -0.39 is 21.5 Å². The molecule has 1 aliphatic rings. The molecule has 2 rings (SSSR count). The summed E-state index contributed by atoms with van der Waals surface area (Å²) in [6, 6.07) is 5.81. The zero-order valence-corrected chi connectivity index (χ0v) is 11.7. The molecule has 1 amide bonds. The Hall–Kier alpha value is -1.81. The maximum atomic E-state index is 11.6. The minimum atomic E-state index is -3.52. The van der Waals surface area contributed by atoms with Crippen LogP contribution in [0, 0.1) is 0 Å². The van der Waals surface area contributed by atoms with Crippen molar-refractivity contribution < 1.29 is 18.4 Å². The van der Waals surface area contributed by atoms with Gasteiger partial charge >= 0.3 is 0 Å². The van der Waals surface area contributed by atoms with Gasteiger partial charge in [-0.3, -0.25) is 4.79 Å². The van der Waals surface area contributed by atoms with Crippen molar-refractivity contribution in [2.75, 3.05) is 7.05 Å². The number of sulfonamides is 1. The van der Waals surface area contributed by atoms with Crippen molar-refractivity contribution >= 4 is 21.6 Å². The molecular weight excluding hydrogens is 284 g/mol. The average molecular weight is 298 g/mol. The van der Waals surface area contributed by atoms with Crippen LogP contribution in [-0.2, 0) is 14.8 Å². The van der Waals surface area contributed by atoms with Crippen LogP contribution in [0.2, 0.25) is 0 Å². The summed E-state index contributed by atoms with van der Waals surface area (Å²) in [5, 5.41) is 13.0. The Labute approximate surface area is 115 Å². The maximum absolute atomic E-state index is 11.6. The van der Waals surface area contributed by atoms with Crippen molar-refractivity contribution in [3.63, 3.8) is 0 Å². The first-order chi connectivity index (χ1) is 9.35. The highest BCUT2D eigenvalue weighted by atomic mass is 32.2. The van der Waals surface area contributed by atoms with E-state index in [1.165, 1.54) is 38.2 Å². The summed E-state index contributed by atoms with van der Waals surface area (Å²) in [4.78, 5) is 11.7. The number of hydrogen-bond donors (Lipinski definition) is 4. The molecule has 0 fully saturated rings. The summed E-state index contributed by atoms with van der Waals surface area (Å²) in [6.07, 6.45) is 0. The Bertz CT molecular complexity index is 668. The van der Waals surface area contributed by atoms with Gasteiger partial charge in [-0.1, -0.05) is 12.1 Å². The van der Waals surface area contributed by atoms with Gasteiger partial charge in [-0.05, 0) is 26.1 Å². The molecule has 1 aromatic carbocycles. The Balaban J connectivity index is 2.39. The van der Waals surface area contributed by atoms with E-state index in [0.29, 0.717) is 5.56 Å². The molecule has 0 aliphatic carbocycles. The molecule has 8 nitrogen and oxygen atoms in total. The molecule has 108 valence electrons. The van der Waals surface area contributed by atoms with Gasteiger partial charge in [0.05, 0.1) is 10.6 Å². The van der Waals surface area contributed by atoms with E-state index in [2.05, 4.69) is 15.2 Å². The number of nitrogens with zero attached hydrogens (tertiary/aromatic N) is 1. The molecule has 1 atom stereocenters. The number of nitrogens with one attached hydrogen (secondary N) is 3. The molecule has 0 saturated heterocycles. The van der Waals surface area contributed by atoms with E-state index in [-0.39, 0.29) is 10.6 Å². The van der Waals surface area contributed by atoms with Crippen molar-refractivity contribution in [3.05, 3.63) is 29.8 Å². The minimum absolute atomic E-state index is 0.0975. The molecule has 0 saturated carbocycles. The number of amides is 1. The van der Waals surface area contributed by atoms with Crippen LogP contribution in [0.1, 0.15) is 12.5 Å². The molecule has 1 unspecified atom stereocenters. The summed E-state index contributed by atoms with van der Waals surface area (Å²) >= 11 is 0. The van der Waals surface area contributed by atoms with Crippen LogP contribution < -0.4 is 15.6 Å². The molecule has 4 N–H and O–H groups in total. The van der Waals surface area contributed by atoms with Crippen molar-refractivity contribution in [2.24, 2.45) is 5.10 Å². The van der Waals surface area contributed by atoms with Gasteiger partial charge in [-0.15, -0.1) is 0 Å². The summed E-state index contributed by atoms with van der Waals surface area (Å²) in [7, 11) is -2.20. The van der Waals surface area contributed by atoms with Gasteiger partial charge in [0.2, 0.25) is 10.0 Å². The van der Waals surface area contributed by atoms with Gasteiger partial charge in [0.1, 0.15) is 0 Å². The van der Waals surface area contributed by atoms with Crippen molar-refractivity contribution in [3.8, 4) is 0 Å². The van der Waals surface area contributed by atoms with Crippen LogP contribution in [0.3, 0.4) is 0 Å². The summed E-state index contributed by atoms with van der Waals surface area (Å²) in [6.45, 7) is 1.46. The van der Waals surface area contributed by atoms with Gasteiger partial charge in [0, 0.05) is 5.56 Å². The SMILES string of the molecule is CNS(=O)(=O)c1ccc(C2=NNC(=O)C2(C)NO)cc1. The summed E-state index contributed by atoms with van der Waals surface area (Å²) in [5.41, 5.74) is 3.60. The molecule has 0 aromatic heterocycles. The second-order valence-corrected chi connectivity index (χ2v) is 6.26. The second-order valence-electron chi connectivity index (χ2n) is 4.37. The first kappa shape index (κ1) is 14.6. The number of hydroxylamine groups is 1. The highest BCUT2D eigenvalue weighted by molar-refractivity contribution is 7.89. The standard InChI is InChI=1S/C11H14N4O4S/c1-11(15-17)9(13-14-10(11)16)7-3-5-8(6-4-7)20(18,19)12-2/h3-6,12,15,17H,1-2H3,(H,14,16). The van der Waals surface area contributed by atoms with Crippen LogP contribution in [-0.4, -0.2) is 37.8 Å². The van der Waals surface area contributed by atoms with Gasteiger partial charge in [0.25, 0.3) is 5.91 Å². The molecule has 1 aromatic rings. The van der Waals surface area contributed by atoms with Crippen molar-refractivity contribution in [2.45, 2.75) is 17.4 Å². The third-order valence-corrected chi connectivity index (χ3v) is 4.56. The maximum Gasteiger partial charge on any atom is 0.268 e. The van der Waals surface area contributed by atoms with E-state index in [9.17, 15) is 13.2 Å². The zero-order valence-electron chi connectivity index (χ0n) is 10.8. The highest BCUT2D eigenvalue weighted by Gasteiger charge is 2.43. The molecule has 1 aliphatic heterocycles. The molecular formula is C11H14N4O4S. The summed E-state index contributed by atoms with van der Waals surface area (Å²) in [5.74, 6) is -0.498. The van der Waals surface area contributed by atoms with E-state index in [0.717, 1.165) is 0 Å². The fourth-order valence-corrected chi connectivity index (χ4v) is 2.53. The predicted molar refractivity (Wildman–Crippen MR) is 70.7 cm³/mol. The lowest BCUT2D eigenvalue weighted by atomic mass is 9.91. The number of carbonyl (C=O) groups excluding carboxylic acids is 1. The first-order valence-corrected chi connectivity index (χ1v) is 7.17. The van der Waals surface area contributed by atoms with Gasteiger partial charge < -0.3 is 5.21 Å². The monoisotopic (exact) mass is 298 g/mol. The highest BCUT2D eigenvalue weighted by Crippen LogP contribution is 2.20. The third kappa shape index (κ3) is 2.20. The van der Waals surface area contributed by atoms with Gasteiger partial charge in [0.15, 0.2) is 5.54 Å². The second kappa shape index (κ2) is 4.94. The molecule has 20 heavy (non-hydrogen) atoms. The fraction of sp³-hybridized carbons (Fsp3) is 0.273. The Morgan fingerprint density at radius 1 is 1.30 bits per heavy atom. The largest absolute Gasteiger partial charge is 0.315 e. The quantitative estimate of drug-likeness (QED) is 0.541. The smallest absolute Gasteiger partial charge is 0.268 e. The lowest BCUT2D eigenvalue weighted by Gasteiger charge is -2.20. The van der Waals surface area contributed by atoms with Crippen LogP contribution in [0.25, 0.3) is 0 Å². The fourth-order valence-electron chi connectivity index (χ4n) is 1.80.